The molecule has 0 radical (unpaired) electrons. The molecule has 0 saturated carbocycles. The van der Waals surface area contributed by atoms with Crippen LogP contribution in [-0.4, -0.2) is 11.8 Å². The molecule has 0 heterocycles. The van der Waals surface area contributed by atoms with Gasteiger partial charge in [-0.15, -0.1) is 0 Å². The van der Waals surface area contributed by atoms with Crippen LogP contribution in [0.4, 0.5) is 43.4 Å². The van der Waals surface area contributed by atoms with Gasteiger partial charge in [-0.3, -0.25) is 9.59 Å². The lowest BCUT2D eigenvalue weighted by atomic mass is 10.1. The predicted octanol–water partition coefficient (Wildman–Crippen LogP) is 5.81. The summed E-state index contributed by atoms with van der Waals surface area (Å²) in [5, 5.41) is 4.60. The summed E-state index contributed by atoms with van der Waals surface area (Å²) >= 11 is 0. The highest BCUT2D eigenvalue weighted by Gasteiger charge is 2.31. The van der Waals surface area contributed by atoms with Gasteiger partial charge in [0.25, 0.3) is 11.8 Å². The number of halogens is 6. The number of benzene rings is 3. The van der Waals surface area contributed by atoms with Crippen molar-refractivity contribution in [1.82, 2.24) is 0 Å². The highest BCUT2D eigenvalue weighted by atomic mass is 19.4. The topological polar surface area (TPSA) is 84.2 Å². The van der Waals surface area contributed by atoms with Crippen molar-refractivity contribution in [2.75, 3.05) is 16.4 Å². The number of rotatable bonds is 4. The van der Waals surface area contributed by atoms with Crippen LogP contribution in [0.25, 0.3) is 0 Å². The Kier molecular flexibility index (Phi) is 6.34. The normalized spacial score (nSPS) is 11.7. The average molecular weight is 467 g/mol. The highest BCUT2D eigenvalue weighted by Crippen LogP contribution is 2.32. The molecule has 3 aromatic rings. The summed E-state index contributed by atoms with van der Waals surface area (Å²) < 4.78 is 76.9. The van der Waals surface area contributed by atoms with Crippen LogP contribution in [0.3, 0.4) is 0 Å². The molecule has 5 nitrogen and oxygen atoms in total. The van der Waals surface area contributed by atoms with Gasteiger partial charge in [0.15, 0.2) is 0 Å². The van der Waals surface area contributed by atoms with Gasteiger partial charge in [-0.1, -0.05) is 12.1 Å². The minimum absolute atomic E-state index is 0.0412. The Morgan fingerprint density at radius 3 is 1.61 bits per heavy atom. The van der Waals surface area contributed by atoms with E-state index in [1.54, 1.807) is 0 Å². The van der Waals surface area contributed by atoms with E-state index in [1.807, 2.05) is 0 Å². The first-order valence-electron chi connectivity index (χ1n) is 9.21. The second-order valence-corrected chi connectivity index (χ2v) is 6.87. The number of amides is 2. The molecule has 0 spiro atoms. The lowest BCUT2D eigenvalue weighted by Gasteiger charge is -2.12. The summed E-state index contributed by atoms with van der Waals surface area (Å²) in [6.07, 6.45) is -9.17. The molecule has 2 amide bonds. The van der Waals surface area contributed by atoms with Crippen LogP contribution in [0.1, 0.15) is 31.8 Å². The van der Waals surface area contributed by atoms with Gasteiger partial charge in [-0.2, -0.15) is 26.3 Å². The minimum atomic E-state index is -4.59. The molecule has 0 aromatic heterocycles. The van der Waals surface area contributed by atoms with E-state index in [0.717, 1.165) is 42.5 Å². The Morgan fingerprint density at radius 2 is 1.15 bits per heavy atom. The lowest BCUT2D eigenvalue weighted by molar-refractivity contribution is -0.138. The molecule has 3 aromatic carbocycles. The quantitative estimate of drug-likeness (QED) is 0.334. The van der Waals surface area contributed by atoms with E-state index in [-0.39, 0.29) is 28.2 Å². The maximum Gasteiger partial charge on any atom is 0.416 e. The van der Waals surface area contributed by atoms with E-state index in [2.05, 4.69) is 10.6 Å². The van der Waals surface area contributed by atoms with E-state index in [1.165, 1.54) is 24.3 Å². The Bertz CT molecular complexity index is 1210. The number of carbonyl (C=O) groups excluding carboxylic acids is 2. The van der Waals surface area contributed by atoms with E-state index >= 15 is 0 Å². The van der Waals surface area contributed by atoms with Crippen LogP contribution in [0, 0.1) is 0 Å². The second-order valence-electron chi connectivity index (χ2n) is 6.87. The molecular formula is C22H15F6N3O2. The first-order chi connectivity index (χ1) is 15.3. The maximum atomic E-state index is 12.8. The van der Waals surface area contributed by atoms with Gasteiger partial charge < -0.3 is 16.4 Å². The molecule has 11 heteroatoms. The fourth-order valence-electron chi connectivity index (χ4n) is 2.86. The first-order valence-corrected chi connectivity index (χ1v) is 9.21. The summed E-state index contributed by atoms with van der Waals surface area (Å²) in [6.45, 7) is 0. The Balaban J connectivity index is 1.75. The van der Waals surface area contributed by atoms with Gasteiger partial charge in [-0.25, -0.2) is 0 Å². The van der Waals surface area contributed by atoms with E-state index in [4.69, 9.17) is 5.73 Å². The SMILES string of the molecule is Nc1cc(C(=O)Nc2cccc(C(F)(F)F)c2)ccc1C(=O)Nc1cccc(C(F)(F)F)c1. The average Bonchev–Trinajstić information content (AvgIpc) is 2.72. The molecule has 0 bridgehead atoms. The van der Waals surface area contributed by atoms with Crippen LogP contribution < -0.4 is 16.4 Å². The number of carbonyl (C=O) groups is 2. The van der Waals surface area contributed by atoms with Crippen molar-refractivity contribution in [3.05, 3.63) is 89.0 Å². The molecule has 0 aliphatic heterocycles. The van der Waals surface area contributed by atoms with E-state index in [9.17, 15) is 35.9 Å². The standard InChI is InChI=1S/C22H15F6N3O2/c23-21(24,25)13-3-1-5-15(10-13)30-19(32)12-7-8-17(18(29)9-12)20(33)31-16-6-2-4-14(11-16)22(26,27)28/h1-11H,29H2,(H,30,32)(H,31,33). The van der Waals surface area contributed by atoms with Gasteiger partial charge in [0.1, 0.15) is 0 Å². The maximum absolute atomic E-state index is 12.8. The Labute approximate surface area is 183 Å². The van der Waals surface area contributed by atoms with Crippen molar-refractivity contribution in [2.24, 2.45) is 0 Å². The van der Waals surface area contributed by atoms with E-state index < -0.39 is 35.3 Å². The third-order valence-electron chi connectivity index (χ3n) is 4.45. The van der Waals surface area contributed by atoms with Crippen LogP contribution >= 0.6 is 0 Å². The molecule has 3 rings (SSSR count). The van der Waals surface area contributed by atoms with Crippen LogP contribution in [0.2, 0.25) is 0 Å². The lowest BCUT2D eigenvalue weighted by Crippen LogP contribution is -2.17. The number of nitrogens with one attached hydrogen (secondary N) is 2. The molecule has 4 N–H and O–H groups in total. The third kappa shape index (κ3) is 5.82. The smallest absolute Gasteiger partial charge is 0.398 e. The molecular weight excluding hydrogens is 452 g/mol. The zero-order valence-electron chi connectivity index (χ0n) is 16.5. The predicted molar refractivity (Wildman–Crippen MR) is 110 cm³/mol. The summed E-state index contributed by atoms with van der Waals surface area (Å²) in [7, 11) is 0. The molecule has 0 aliphatic rings. The van der Waals surface area contributed by atoms with Gasteiger partial charge in [0.05, 0.1) is 16.7 Å². The van der Waals surface area contributed by atoms with Gasteiger partial charge in [0, 0.05) is 22.6 Å². The zero-order valence-corrected chi connectivity index (χ0v) is 16.5. The molecule has 0 fully saturated rings. The highest BCUT2D eigenvalue weighted by molar-refractivity contribution is 6.10. The monoisotopic (exact) mass is 467 g/mol. The fraction of sp³-hybridized carbons (Fsp3) is 0.0909. The van der Waals surface area contributed by atoms with Gasteiger partial charge >= 0.3 is 12.4 Å². The van der Waals surface area contributed by atoms with Crippen molar-refractivity contribution in [3.8, 4) is 0 Å². The Hall–Kier alpha value is -4.02. The molecule has 0 saturated heterocycles. The van der Waals surface area contributed by atoms with Crippen molar-refractivity contribution >= 4 is 28.9 Å². The first kappa shape index (κ1) is 23.6. The van der Waals surface area contributed by atoms with Crippen molar-refractivity contribution < 1.29 is 35.9 Å². The Morgan fingerprint density at radius 1 is 0.667 bits per heavy atom. The minimum Gasteiger partial charge on any atom is -0.398 e. The van der Waals surface area contributed by atoms with Gasteiger partial charge in [0.2, 0.25) is 0 Å². The molecule has 172 valence electrons. The number of nitrogens with two attached hydrogens (primary N) is 1. The number of hydrogen-bond acceptors (Lipinski definition) is 3. The van der Waals surface area contributed by atoms with Crippen molar-refractivity contribution in [3.63, 3.8) is 0 Å². The number of alkyl halides is 6. The number of nitrogen functional groups attached to an aromatic ring is 1. The second kappa shape index (κ2) is 8.85. The zero-order chi connectivity index (χ0) is 24.4. The summed E-state index contributed by atoms with van der Waals surface area (Å²) in [5.41, 5.74) is 3.41. The fourth-order valence-corrected chi connectivity index (χ4v) is 2.86. The van der Waals surface area contributed by atoms with Crippen molar-refractivity contribution in [1.29, 1.82) is 0 Å². The summed E-state index contributed by atoms with van der Waals surface area (Å²) in [5.74, 6) is -1.58. The van der Waals surface area contributed by atoms with Crippen molar-refractivity contribution in [2.45, 2.75) is 12.4 Å². The third-order valence-corrected chi connectivity index (χ3v) is 4.45. The van der Waals surface area contributed by atoms with Crippen LogP contribution in [-0.2, 0) is 12.4 Å². The van der Waals surface area contributed by atoms with Crippen LogP contribution in [0.5, 0.6) is 0 Å². The summed E-state index contributed by atoms with van der Waals surface area (Å²) in [4.78, 5) is 24.8. The van der Waals surface area contributed by atoms with Gasteiger partial charge in [-0.05, 0) is 54.6 Å². The summed E-state index contributed by atoms with van der Waals surface area (Å²) in [6, 6.07) is 11.5. The number of anilines is 3. The largest absolute Gasteiger partial charge is 0.416 e. The molecule has 33 heavy (non-hydrogen) atoms. The number of hydrogen-bond donors (Lipinski definition) is 3. The molecule has 0 unspecified atom stereocenters. The molecule has 0 aliphatic carbocycles. The van der Waals surface area contributed by atoms with Crippen LogP contribution in [0.15, 0.2) is 66.7 Å². The van der Waals surface area contributed by atoms with E-state index in [0.29, 0.717) is 0 Å². The molecule has 0 atom stereocenters.